The van der Waals surface area contributed by atoms with E-state index in [4.69, 9.17) is 0 Å². The molecule has 1 heterocycles. The number of benzene rings is 2. The summed E-state index contributed by atoms with van der Waals surface area (Å²) in [7, 11) is -3.42. The SMILES string of the molecule is CCS(=O)(=O)c1ccc(-c2cccc(NC(=O)c3ccccc3F)c2)nn1. The molecule has 3 rings (SSSR count). The summed E-state index contributed by atoms with van der Waals surface area (Å²) in [4.78, 5) is 12.2. The number of halogens is 1. The molecule has 0 fully saturated rings. The summed E-state index contributed by atoms with van der Waals surface area (Å²) in [6.45, 7) is 1.53. The molecule has 6 nitrogen and oxygen atoms in total. The average molecular weight is 385 g/mol. The second kappa shape index (κ2) is 7.63. The van der Waals surface area contributed by atoms with Gasteiger partial charge in [-0.05, 0) is 36.4 Å². The number of amides is 1. The van der Waals surface area contributed by atoms with Gasteiger partial charge in [0.05, 0.1) is 17.0 Å². The van der Waals surface area contributed by atoms with Crippen LogP contribution >= 0.6 is 0 Å². The zero-order chi connectivity index (χ0) is 19.4. The van der Waals surface area contributed by atoms with Crippen LogP contribution in [-0.4, -0.2) is 30.3 Å². The minimum atomic E-state index is -3.42. The van der Waals surface area contributed by atoms with Crippen molar-refractivity contribution in [3.05, 3.63) is 72.0 Å². The Morgan fingerprint density at radius 3 is 2.48 bits per heavy atom. The largest absolute Gasteiger partial charge is 0.322 e. The summed E-state index contributed by atoms with van der Waals surface area (Å²) in [5.74, 6) is -1.23. The molecule has 0 saturated carbocycles. The van der Waals surface area contributed by atoms with Crippen LogP contribution in [0, 0.1) is 5.82 Å². The van der Waals surface area contributed by atoms with Crippen molar-refractivity contribution in [1.29, 1.82) is 0 Å². The van der Waals surface area contributed by atoms with Crippen molar-refractivity contribution in [3.63, 3.8) is 0 Å². The lowest BCUT2D eigenvalue weighted by molar-refractivity contribution is 0.102. The summed E-state index contributed by atoms with van der Waals surface area (Å²) in [5.41, 5.74) is 1.48. The molecule has 1 aromatic heterocycles. The van der Waals surface area contributed by atoms with E-state index in [-0.39, 0.29) is 16.3 Å². The van der Waals surface area contributed by atoms with E-state index in [1.165, 1.54) is 31.2 Å². The van der Waals surface area contributed by atoms with Crippen LogP contribution in [0.3, 0.4) is 0 Å². The molecule has 0 atom stereocenters. The van der Waals surface area contributed by atoms with E-state index in [1.54, 1.807) is 36.4 Å². The number of carbonyl (C=O) groups is 1. The fourth-order valence-electron chi connectivity index (χ4n) is 2.39. The fraction of sp³-hybridized carbons (Fsp3) is 0.105. The maximum atomic E-state index is 13.7. The summed E-state index contributed by atoms with van der Waals surface area (Å²) >= 11 is 0. The Morgan fingerprint density at radius 2 is 1.81 bits per heavy atom. The predicted molar refractivity (Wildman–Crippen MR) is 99.5 cm³/mol. The van der Waals surface area contributed by atoms with E-state index in [2.05, 4.69) is 15.5 Å². The molecule has 1 N–H and O–H groups in total. The molecule has 27 heavy (non-hydrogen) atoms. The molecule has 1 amide bonds. The minimum Gasteiger partial charge on any atom is -0.322 e. The summed E-state index contributed by atoms with van der Waals surface area (Å²) < 4.78 is 37.3. The topological polar surface area (TPSA) is 89.0 Å². The van der Waals surface area contributed by atoms with E-state index < -0.39 is 21.6 Å². The van der Waals surface area contributed by atoms with Gasteiger partial charge in [0.1, 0.15) is 5.82 Å². The van der Waals surface area contributed by atoms with Crippen molar-refractivity contribution in [1.82, 2.24) is 10.2 Å². The normalized spacial score (nSPS) is 11.2. The molecule has 0 aliphatic carbocycles. The molecule has 8 heteroatoms. The molecule has 2 aromatic carbocycles. The Balaban J connectivity index is 1.84. The number of sulfone groups is 1. The number of nitrogens with zero attached hydrogens (tertiary/aromatic N) is 2. The molecule has 0 aliphatic heterocycles. The number of hydrogen-bond donors (Lipinski definition) is 1. The highest BCUT2D eigenvalue weighted by atomic mass is 32.2. The van der Waals surface area contributed by atoms with E-state index in [0.717, 1.165) is 0 Å². The van der Waals surface area contributed by atoms with Gasteiger partial charge in [-0.3, -0.25) is 4.79 Å². The third-order valence-corrected chi connectivity index (χ3v) is 5.49. The lowest BCUT2D eigenvalue weighted by Crippen LogP contribution is -2.13. The highest BCUT2D eigenvalue weighted by Gasteiger charge is 2.15. The lowest BCUT2D eigenvalue weighted by atomic mass is 10.1. The second-order valence-corrected chi connectivity index (χ2v) is 7.90. The molecule has 0 saturated heterocycles. The maximum Gasteiger partial charge on any atom is 0.258 e. The van der Waals surface area contributed by atoms with Crippen molar-refractivity contribution < 1.29 is 17.6 Å². The Bertz CT molecular complexity index is 1080. The summed E-state index contributed by atoms with van der Waals surface area (Å²) in [5, 5.41) is 10.3. The number of nitrogens with one attached hydrogen (secondary N) is 1. The Morgan fingerprint density at radius 1 is 1.04 bits per heavy atom. The van der Waals surface area contributed by atoms with Gasteiger partial charge < -0.3 is 5.32 Å². The van der Waals surface area contributed by atoms with Gasteiger partial charge >= 0.3 is 0 Å². The fourth-order valence-corrected chi connectivity index (χ4v) is 3.12. The molecule has 0 unspecified atom stereocenters. The number of hydrogen-bond acceptors (Lipinski definition) is 5. The van der Waals surface area contributed by atoms with Crippen molar-refractivity contribution in [2.45, 2.75) is 11.9 Å². The second-order valence-electron chi connectivity index (χ2n) is 5.68. The third kappa shape index (κ3) is 4.17. The average Bonchev–Trinajstić information content (AvgIpc) is 2.68. The highest BCUT2D eigenvalue weighted by molar-refractivity contribution is 7.91. The van der Waals surface area contributed by atoms with E-state index >= 15 is 0 Å². The number of rotatable bonds is 5. The van der Waals surface area contributed by atoms with Crippen molar-refractivity contribution in [3.8, 4) is 11.3 Å². The molecular formula is C19H16FN3O3S. The van der Waals surface area contributed by atoms with Gasteiger partial charge in [0.25, 0.3) is 5.91 Å². The van der Waals surface area contributed by atoms with Crippen LogP contribution in [0.15, 0.2) is 65.7 Å². The van der Waals surface area contributed by atoms with Gasteiger partial charge in [0.15, 0.2) is 14.9 Å². The molecule has 138 valence electrons. The molecule has 0 radical (unpaired) electrons. The molecule has 0 spiro atoms. The Hall–Kier alpha value is -3.13. The number of carbonyl (C=O) groups excluding carboxylic acids is 1. The minimum absolute atomic E-state index is 0.0570. The van der Waals surface area contributed by atoms with Crippen molar-refractivity contribution in [2.75, 3.05) is 11.1 Å². The first-order valence-corrected chi connectivity index (χ1v) is 9.79. The highest BCUT2D eigenvalue weighted by Crippen LogP contribution is 2.22. The molecule has 0 bridgehead atoms. The standard InChI is InChI=1S/C19H16FN3O3S/c1-2-27(25,26)18-11-10-17(22-23-18)13-6-5-7-14(12-13)21-19(24)15-8-3-4-9-16(15)20/h3-12H,2H2,1H3,(H,21,24). The van der Waals surface area contributed by atoms with Crippen LogP contribution in [0.2, 0.25) is 0 Å². The number of anilines is 1. The molecule has 3 aromatic rings. The van der Waals surface area contributed by atoms with Gasteiger partial charge in [-0.15, -0.1) is 10.2 Å². The Kier molecular flexibility index (Phi) is 5.27. The van der Waals surface area contributed by atoms with E-state index in [0.29, 0.717) is 16.9 Å². The van der Waals surface area contributed by atoms with Crippen LogP contribution in [0.1, 0.15) is 17.3 Å². The first-order valence-electron chi connectivity index (χ1n) is 8.13. The van der Waals surface area contributed by atoms with Crippen LogP contribution < -0.4 is 5.32 Å². The Labute approximate surface area is 156 Å². The van der Waals surface area contributed by atoms with Gasteiger partial charge in [-0.1, -0.05) is 31.2 Å². The summed E-state index contributed by atoms with van der Waals surface area (Å²) in [6, 6.07) is 15.4. The van der Waals surface area contributed by atoms with Gasteiger partial charge in [0, 0.05) is 11.3 Å². The first kappa shape index (κ1) is 18.7. The summed E-state index contributed by atoms with van der Waals surface area (Å²) in [6.07, 6.45) is 0. The third-order valence-electron chi connectivity index (χ3n) is 3.87. The van der Waals surface area contributed by atoms with Crippen LogP contribution in [0.25, 0.3) is 11.3 Å². The monoisotopic (exact) mass is 385 g/mol. The maximum absolute atomic E-state index is 13.7. The van der Waals surface area contributed by atoms with Crippen LogP contribution in [0.4, 0.5) is 10.1 Å². The number of aromatic nitrogens is 2. The van der Waals surface area contributed by atoms with E-state index in [1.807, 2.05) is 0 Å². The van der Waals surface area contributed by atoms with Gasteiger partial charge in [0.2, 0.25) is 0 Å². The first-order chi connectivity index (χ1) is 12.9. The molecular weight excluding hydrogens is 369 g/mol. The van der Waals surface area contributed by atoms with Gasteiger partial charge in [-0.2, -0.15) is 0 Å². The van der Waals surface area contributed by atoms with E-state index in [9.17, 15) is 17.6 Å². The molecule has 0 aliphatic rings. The smallest absolute Gasteiger partial charge is 0.258 e. The van der Waals surface area contributed by atoms with Crippen LogP contribution in [0.5, 0.6) is 0 Å². The van der Waals surface area contributed by atoms with Crippen LogP contribution in [-0.2, 0) is 9.84 Å². The van der Waals surface area contributed by atoms with Gasteiger partial charge in [-0.25, -0.2) is 12.8 Å². The van der Waals surface area contributed by atoms with Crippen molar-refractivity contribution >= 4 is 21.4 Å². The van der Waals surface area contributed by atoms with Crippen molar-refractivity contribution in [2.24, 2.45) is 0 Å². The predicted octanol–water partition coefficient (Wildman–Crippen LogP) is 3.33. The lowest BCUT2D eigenvalue weighted by Gasteiger charge is -2.08. The zero-order valence-corrected chi connectivity index (χ0v) is 15.2. The quantitative estimate of drug-likeness (QED) is 0.728. The zero-order valence-electron chi connectivity index (χ0n) is 14.4.